The number of halogens is 1. The van der Waals surface area contributed by atoms with E-state index in [0.717, 1.165) is 6.07 Å². The van der Waals surface area contributed by atoms with Crippen molar-refractivity contribution in [2.75, 3.05) is 0 Å². The molecular weight excluding hydrogens is 264 g/mol. The molecule has 0 heterocycles. The predicted octanol–water partition coefficient (Wildman–Crippen LogP) is 1.17. The monoisotopic (exact) mass is 270 g/mol. The molecule has 1 N–H and O–H groups in total. The van der Waals surface area contributed by atoms with E-state index in [1.165, 1.54) is 19.1 Å². The molecule has 0 aromatic heterocycles. The molecular formula is C7H7ClO5S2. The molecule has 0 bridgehead atoms. The molecule has 0 aliphatic heterocycles. The van der Waals surface area contributed by atoms with Crippen LogP contribution >= 0.6 is 10.7 Å². The van der Waals surface area contributed by atoms with Gasteiger partial charge in [-0.1, -0.05) is 12.1 Å². The summed E-state index contributed by atoms with van der Waals surface area (Å²) in [6.07, 6.45) is 0. The van der Waals surface area contributed by atoms with Gasteiger partial charge in [-0.05, 0) is 18.6 Å². The van der Waals surface area contributed by atoms with Crippen LogP contribution in [-0.4, -0.2) is 21.4 Å². The Kier molecular flexibility index (Phi) is 3.11. The van der Waals surface area contributed by atoms with Gasteiger partial charge in [0.2, 0.25) is 0 Å². The first-order chi connectivity index (χ1) is 6.64. The fraction of sp³-hybridized carbons (Fsp3) is 0.143. The lowest BCUT2D eigenvalue weighted by Gasteiger charge is -2.06. The van der Waals surface area contributed by atoms with E-state index in [4.69, 9.17) is 15.2 Å². The maximum Gasteiger partial charge on any atom is 0.295 e. The molecule has 0 amide bonds. The lowest BCUT2D eigenvalue weighted by molar-refractivity contribution is 0.480. The van der Waals surface area contributed by atoms with Crippen molar-refractivity contribution in [3.05, 3.63) is 23.8 Å². The molecule has 0 fully saturated rings. The number of hydrogen-bond acceptors (Lipinski definition) is 4. The molecule has 0 saturated carbocycles. The van der Waals surface area contributed by atoms with E-state index in [0.29, 0.717) is 0 Å². The molecule has 15 heavy (non-hydrogen) atoms. The first-order valence-electron chi connectivity index (χ1n) is 3.66. The van der Waals surface area contributed by atoms with Crippen molar-refractivity contribution in [3.8, 4) is 0 Å². The van der Waals surface area contributed by atoms with Crippen LogP contribution in [0.25, 0.3) is 0 Å². The Labute approximate surface area is 91.9 Å². The number of rotatable bonds is 2. The molecule has 1 rings (SSSR count). The second kappa shape index (κ2) is 3.75. The Bertz CT molecular complexity index is 588. The summed E-state index contributed by atoms with van der Waals surface area (Å²) in [6, 6.07) is 3.66. The van der Waals surface area contributed by atoms with Gasteiger partial charge in [0, 0.05) is 10.7 Å². The van der Waals surface area contributed by atoms with E-state index in [9.17, 15) is 16.8 Å². The average Bonchev–Trinajstić information content (AvgIpc) is 1.99. The van der Waals surface area contributed by atoms with Gasteiger partial charge in [0.15, 0.2) is 0 Å². The van der Waals surface area contributed by atoms with Gasteiger partial charge in [0.25, 0.3) is 19.2 Å². The first-order valence-corrected chi connectivity index (χ1v) is 7.41. The third-order valence-corrected chi connectivity index (χ3v) is 4.22. The third kappa shape index (κ3) is 2.69. The van der Waals surface area contributed by atoms with Gasteiger partial charge in [0.1, 0.15) is 9.79 Å². The topological polar surface area (TPSA) is 88.5 Å². The molecule has 0 saturated heterocycles. The lowest BCUT2D eigenvalue weighted by Crippen LogP contribution is -2.06. The van der Waals surface area contributed by atoms with Crippen LogP contribution in [-0.2, 0) is 19.2 Å². The van der Waals surface area contributed by atoms with Crippen LogP contribution in [0.4, 0.5) is 0 Å². The molecule has 0 aliphatic carbocycles. The molecule has 8 heteroatoms. The standard InChI is InChI=1S/C7H7ClO5S2/c1-5-3-2-4-6(15(11,12)13)7(5)14(8,9)10/h2-4H,1H3,(H,11,12,13). The van der Waals surface area contributed by atoms with Crippen molar-refractivity contribution in [1.82, 2.24) is 0 Å². The Balaban J connectivity index is 3.79. The van der Waals surface area contributed by atoms with Crippen LogP contribution in [0.1, 0.15) is 5.56 Å². The van der Waals surface area contributed by atoms with Crippen molar-refractivity contribution < 1.29 is 21.4 Å². The van der Waals surface area contributed by atoms with Crippen molar-refractivity contribution in [3.63, 3.8) is 0 Å². The third-order valence-electron chi connectivity index (χ3n) is 1.70. The zero-order chi connectivity index (χ0) is 11.9. The van der Waals surface area contributed by atoms with Gasteiger partial charge in [0.05, 0.1) is 0 Å². The minimum Gasteiger partial charge on any atom is -0.282 e. The lowest BCUT2D eigenvalue weighted by atomic mass is 10.2. The summed E-state index contributed by atoms with van der Waals surface area (Å²) >= 11 is 0. The van der Waals surface area contributed by atoms with E-state index < -0.39 is 29.0 Å². The Morgan fingerprint density at radius 3 is 2.07 bits per heavy atom. The fourth-order valence-electron chi connectivity index (χ4n) is 1.14. The van der Waals surface area contributed by atoms with E-state index in [2.05, 4.69) is 0 Å². The summed E-state index contributed by atoms with van der Waals surface area (Å²) in [7, 11) is -3.75. The quantitative estimate of drug-likeness (QED) is 0.644. The zero-order valence-electron chi connectivity index (χ0n) is 7.51. The predicted molar refractivity (Wildman–Crippen MR) is 54.0 cm³/mol. The maximum atomic E-state index is 11.1. The minimum atomic E-state index is -4.60. The molecule has 5 nitrogen and oxygen atoms in total. The SMILES string of the molecule is Cc1cccc(S(=O)(=O)O)c1S(=O)(=O)Cl. The normalized spacial score (nSPS) is 12.7. The number of benzene rings is 1. The van der Waals surface area contributed by atoms with Crippen molar-refractivity contribution in [1.29, 1.82) is 0 Å². The second-order valence-electron chi connectivity index (χ2n) is 2.82. The Morgan fingerprint density at radius 2 is 1.73 bits per heavy atom. The van der Waals surface area contributed by atoms with Crippen LogP contribution in [0.15, 0.2) is 28.0 Å². The number of aryl methyl sites for hydroxylation is 1. The smallest absolute Gasteiger partial charge is 0.282 e. The molecule has 1 aromatic carbocycles. The van der Waals surface area contributed by atoms with Gasteiger partial charge in [-0.2, -0.15) is 8.42 Å². The van der Waals surface area contributed by atoms with Crippen LogP contribution < -0.4 is 0 Å². The van der Waals surface area contributed by atoms with Crippen LogP contribution in [0.5, 0.6) is 0 Å². The summed E-state index contributed by atoms with van der Waals surface area (Å²) in [6.45, 7) is 1.38. The Morgan fingerprint density at radius 1 is 1.20 bits per heavy atom. The van der Waals surface area contributed by atoms with Crippen molar-refractivity contribution in [2.45, 2.75) is 16.7 Å². The number of hydrogen-bond donors (Lipinski definition) is 1. The molecule has 0 aliphatic rings. The van der Waals surface area contributed by atoms with E-state index in [1.807, 2.05) is 0 Å². The molecule has 1 aromatic rings. The van der Waals surface area contributed by atoms with Gasteiger partial charge >= 0.3 is 0 Å². The maximum absolute atomic E-state index is 11.1. The van der Waals surface area contributed by atoms with Gasteiger partial charge < -0.3 is 0 Å². The van der Waals surface area contributed by atoms with E-state index >= 15 is 0 Å². The van der Waals surface area contributed by atoms with E-state index in [-0.39, 0.29) is 5.56 Å². The molecule has 0 radical (unpaired) electrons. The second-order valence-corrected chi connectivity index (χ2v) is 6.71. The molecule has 84 valence electrons. The summed E-state index contributed by atoms with van der Waals surface area (Å²) in [5, 5.41) is 0. The summed E-state index contributed by atoms with van der Waals surface area (Å²) in [5.41, 5.74) is 0.153. The molecule has 0 unspecified atom stereocenters. The summed E-state index contributed by atoms with van der Waals surface area (Å²) in [5.74, 6) is 0. The van der Waals surface area contributed by atoms with E-state index in [1.54, 1.807) is 0 Å². The highest BCUT2D eigenvalue weighted by Crippen LogP contribution is 2.27. The molecule has 0 spiro atoms. The zero-order valence-corrected chi connectivity index (χ0v) is 9.90. The van der Waals surface area contributed by atoms with Gasteiger partial charge in [-0.3, -0.25) is 4.55 Å². The van der Waals surface area contributed by atoms with Crippen LogP contribution in [0.3, 0.4) is 0 Å². The minimum absolute atomic E-state index is 0.153. The fourth-order valence-corrected chi connectivity index (χ4v) is 3.94. The average molecular weight is 271 g/mol. The van der Waals surface area contributed by atoms with Gasteiger partial charge in [-0.25, -0.2) is 8.42 Å². The van der Waals surface area contributed by atoms with Crippen molar-refractivity contribution >= 4 is 29.9 Å². The highest BCUT2D eigenvalue weighted by Gasteiger charge is 2.25. The van der Waals surface area contributed by atoms with Crippen molar-refractivity contribution in [2.24, 2.45) is 0 Å². The molecule has 0 atom stereocenters. The summed E-state index contributed by atoms with van der Waals surface area (Å²) in [4.78, 5) is -1.30. The Hall–Kier alpha value is -0.630. The van der Waals surface area contributed by atoms with Crippen LogP contribution in [0.2, 0.25) is 0 Å². The summed E-state index contributed by atoms with van der Waals surface area (Å²) < 4.78 is 52.8. The highest BCUT2D eigenvalue weighted by atomic mass is 35.7. The first kappa shape index (κ1) is 12.4. The largest absolute Gasteiger partial charge is 0.295 e. The van der Waals surface area contributed by atoms with Gasteiger partial charge in [-0.15, -0.1) is 0 Å². The van der Waals surface area contributed by atoms with Crippen LogP contribution in [0, 0.1) is 6.92 Å². The highest BCUT2D eigenvalue weighted by molar-refractivity contribution is 8.14.